The summed E-state index contributed by atoms with van der Waals surface area (Å²) < 4.78 is 17.4. The smallest absolute Gasteiger partial charge is 0.175 e. The molecule has 6 heteroatoms. The van der Waals surface area contributed by atoms with Gasteiger partial charge >= 0.3 is 0 Å². The maximum Gasteiger partial charge on any atom is 0.175 e. The van der Waals surface area contributed by atoms with Crippen molar-refractivity contribution < 1.29 is 4.57 Å². The van der Waals surface area contributed by atoms with Crippen LogP contribution in [0.1, 0.15) is 11.7 Å². The van der Waals surface area contributed by atoms with Crippen LogP contribution in [0.3, 0.4) is 0 Å². The van der Waals surface area contributed by atoms with Crippen LogP contribution in [-0.4, -0.2) is 9.55 Å². The van der Waals surface area contributed by atoms with Crippen LogP contribution < -0.4 is 26.1 Å². The lowest BCUT2D eigenvalue weighted by molar-refractivity contribution is 0.592. The molecule has 1 aromatic heterocycles. The molecule has 1 N–H and O–H groups in total. The average Bonchev–Trinajstić information content (AvgIpc) is 3.68. The fraction of sp³-hybridized carbons (Fsp3) is 0.0263. The number of rotatable bonds is 4. The fourth-order valence-corrected chi connectivity index (χ4v) is 9.85. The van der Waals surface area contributed by atoms with Gasteiger partial charge in [0, 0.05) is 27.2 Å². The molecule has 210 valence electrons. The molecule has 0 aliphatic carbocycles. The molecular weight excluding hydrogens is 559 g/mol. The standard InChI is InChI=1S/C38H27N4OP/c43-44(29-14-5-2-6-15-29)34-20-10-9-19-33(34)42-36-31(17-11-21-35(36)44)40-38(42)27-24-22-26(23-25-27)37-39-30-16-7-8-18-32(30)41(37)28-12-3-1-4-13-28/h1-25,37,39H. The number of benzene rings is 6. The van der Waals surface area contributed by atoms with Crippen molar-refractivity contribution in [3.8, 4) is 17.1 Å². The molecule has 7 aromatic rings. The van der Waals surface area contributed by atoms with Crippen molar-refractivity contribution in [2.24, 2.45) is 0 Å². The van der Waals surface area contributed by atoms with Gasteiger partial charge in [0.15, 0.2) is 7.14 Å². The molecule has 2 aliphatic rings. The van der Waals surface area contributed by atoms with Crippen molar-refractivity contribution in [3.05, 3.63) is 157 Å². The second-order valence-corrected chi connectivity index (χ2v) is 13.9. The van der Waals surface area contributed by atoms with Gasteiger partial charge in [-0.3, -0.25) is 4.57 Å². The van der Waals surface area contributed by atoms with E-state index in [1.165, 1.54) is 0 Å². The Kier molecular flexibility index (Phi) is 5.47. The minimum absolute atomic E-state index is 0.0503. The van der Waals surface area contributed by atoms with Gasteiger partial charge in [0.2, 0.25) is 0 Å². The first-order valence-corrected chi connectivity index (χ1v) is 16.5. The minimum atomic E-state index is -3.10. The van der Waals surface area contributed by atoms with Crippen molar-refractivity contribution in [1.29, 1.82) is 0 Å². The van der Waals surface area contributed by atoms with Crippen molar-refractivity contribution in [1.82, 2.24) is 9.55 Å². The second kappa shape index (κ2) is 9.57. The van der Waals surface area contributed by atoms with Crippen LogP contribution in [-0.2, 0) is 4.57 Å². The summed E-state index contributed by atoms with van der Waals surface area (Å²) in [6.07, 6.45) is -0.0503. The highest BCUT2D eigenvalue weighted by atomic mass is 31.2. The number of hydrogen-bond acceptors (Lipinski definition) is 4. The Hall–Kier alpha value is -5.38. The van der Waals surface area contributed by atoms with E-state index in [4.69, 9.17) is 4.98 Å². The fourth-order valence-electron chi connectivity index (χ4n) is 6.84. The van der Waals surface area contributed by atoms with Crippen LogP contribution in [0, 0.1) is 0 Å². The van der Waals surface area contributed by atoms with Crippen LogP contribution in [0.5, 0.6) is 0 Å². The lowest BCUT2D eigenvalue weighted by atomic mass is 10.1. The predicted molar refractivity (Wildman–Crippen MR) is 181 cm³/mol. The van der Waals surface area contributed by atoms with E-state index in [9.17, 15) is 0 Å². The van der Waals surface area contributed by atoms with Crippen LogP contribution in [0.25, 0.3) is 28.1 Å². The number of imidazole rings is 1. The van der Waals surface area contributed by atoms with Gasteiger partial charge in [-0.25, -0.2) is 4.98 Å². The predicted octanol–water partition coefficient (Wildman–Crippen LogP) is 7.91. The summed E-state index contributed by atoms with van der Waals surface area (Å²) in [7, 11) is -3.10. The Morgan fingerprint density at radius 3 is 2.07 bits per heavy atom. The van der Waals surface area contributed by atoms with E-state index >= 15 is 4.57 Å². The Balaban J connectivity index is 1.19. The van der Waals surface area contributed by atoms with E-state index in [0.717, 1.165) is 66.6 Å². The normalized spacial score (nSPS) is 18.1. The van der Waals surface area contributed by atoms with Gasteiger partial charge in [-0.15, -0.1) is 0 Å². The number of fused-ring (bicyclic) bond motifs is 3. The number of hydrogen-bond donors (Lipinski definition) is 1. The van der Waals surface area contributed by atoms with E-state index in [-0.39, 0.29) is 6.17 Å². The Morgan fingerprint density at radius 2 is 1.27 bits per heavy atom. The monoisotopic (exact) mass is 586 g/mol. The highest BCUT2D eigenvalue weighted by molar-refractivity contribution is 7.86. The van der Waals surface area contributed by atoms with Crippen molar-refractivity contribution in [2.45, 2.75) is 6.17 Å². The van der Waals surface area contributed by atoms with E-state index in [2.05, 4.69) is 93.6 Å². The van der Waals surface area contributed by atoms with Crippen molar-refractivity contribution in [2.75, 3.05) is 10.2 Å². The lowest BCUT2D eigenvalue weighted by Crippen LogP contribution is -2.32. The zero-order valence-corrected chi connectivity index (χ0v) is 24.6. The highest BCUT2D eigenvalue weighted by Crippen LogP contribution is 2.50. The van der Waals surface area contributed by atoms with Crippen molar-refractivity contribution in [3.63, 3.8) is 0 Å². The number of anilines is 3. The van der Waals surface area contributed by atoms with Gasteiger partial charge in [0.05, 0.1) is 28.1 Å². The molecular formula is C38H27N4OP. The van der Waals surface area contributed by atoms with Gasteiger partial charge in [0.1, 0.15) is 12.0 Å². The van der Waals surface area contributed by atoms with E-state index in [0.29, 0.717) is 0 Å². The molecule has 2 atom stereocenters. The maximum atomic E-state index is 15.2. The SMILES string of the molecule is O=P1(c2ccccc2)c2ccccc2-n2c(-c3ccc(C4Nc5ccccc5N4c4ccccc4)cc3)nc3cccc1c32. The zero-order valence-electron chi connectivity index (χ0n) is 23.7. The molecule has 9 rings (SSSR count). The molecule has 0 saturated heterocycles. The summed E-state index contributed by atoms with van der Waals surface area (Å²) in [6, 6.07) is 51.6. The first-order chi connectivity index (χ1) is 21.7. The third kappa shape index (κ3) is 3.54. The molecule has 0 radical (unpaired) electrons. The van der Waals surface area contributed by atoms with E-state index in [1.807, 2.05) is 72.8 Å². The first-order valence-electron chi connectivity index (χ1n) is 14.8. The molecule has 6 aromatic carbocycles. The number of aromatic nitrogens is 2. The quantitative estimate of drug-likeness (QED) is 0.213. The lowest BCUT2D eigenvalue weighted by Gasteiger charge is -2.29. The van der Waals surface area contributed by atoms with Gasteiger partial charge in [0.25, 0.3) is 0 Å². The largest absolute Gasteiger partial charge is 0.359 e. The molecule has 3 heterocycles. The maximum absolute atomic E-state index is 15.2. The molecule has 0 fully saturated rings. The Bertz CT molecular complexity index is 2240. The number of nitrogens with one attached hydrogen (secondary N) is 1. The average molecular weight is 587 g/mol. The van der Waals surface area contributed by atoms with Gasteiger partial charge in [-0.1, -0.05) is 103 Å². The van der Waals surface area contributed by atoms with Crippen LogP contribution >= 0.6 is 7.14 Å². The van der Waals surface area contributed by atoms with Crippen molar-refractivity contribution >= 4 is 51.2 Å². The zero-order chi connectivity index (χ0) is 29.3. The van der Waals surface area contributed by atoms with E-state index in [1.54, 1.807) is 0 Å². The Morgan fingerprint density at radius 1 is 0.614 bits per heavy atom. The van der Waals surface area contributed by atoms with E-state index < -0.39 is 7.14 Å². The summed E-state index contributed by atoms with van der Waals surface area (Å²) >= 11 is 0. The third-order valence-electron chi connectivity index (χ3n) is 8.81. The summed E-state index contributed by atoms with van der Waals surface area (Å²) in [4.78, 5) is 7.50. The summed E-state index contributed by atoms with van der Waals surface area (Å²) in [6.45, 7) is 0. The molecule has 44 heavy (non-hydrogen) atoms. The molecule has 0 spiro atoms. The van der Waals surface area contributed by atoms with Crippen LogP contribution in [0.2, 0.25) is 0 Å². The van der Waals surface area contributed by atoms with Gasteiger partial charge in [-0.05, 0) is 54.1 Å². The Labute approximate surface area is 255 Å². The molecule has 0 saturated carbocycles. The first kappa shape index (κ1) is 25.1. The van der Waals surface area contributed by atoms with Crippen LogP contribution in [0.4, 0.5) is 17.1 Å². The molecule has 2 unspecified atom stereocenters. The third-order valence-corrected chi connectivity index (χ3v) is 11.9. The number of para-hydroxylation sites is 5. The molecule has 0 bridgehead atoms. The summed E-state index contributed by atoms with van der Waals surface area (Å²) in [5.41, 5.74) is 8.24. The van der Waals surface area contributed by atoms with Gasteiger partial charge < -0.3 is 14.8 Å². The second-order valence-electron chi connectivity index (χ2n) is 11.2. The highest BCUT2D eigenvalue weighted by Gasteiger charge is 2.40. The topological polar surface area (TPSA) is 50.2 Å². The number of nitrogens with zero attached hydrogens (tertiary/aromatic N) is 3. The van der Waals surface area contributed by atoms with Gasteiger partial charge in [-0.2, -0.15) is 0 Å². The van der Waals surface area contributed by atoms with Crippen LogP contribution in [0.15, 0.2) is 152 Å². The summed E-state index contributed by atoms with van der Waals surface area (Å²) in [5, 5.41) is 6.25. The molecule has 5 nitrogen and oxygen atoms in total. The summed E-state index contributed by atoms with van der Waals surface area (Å²) in [5.74, 6) is 0.841. The minimum Gasteiger partial charge on any atom is -0.359 e. The molecule has 2 aliphatic heterocycles. The molecule has 0 amide bonds.